The van der Waals surface area contributed by atoms with Crippen LogP contribution in [0.25, 0.3) is 0 Å². The average molecular weight is 313 g/mol. The van der Waals surface area contributed by atoms with Gasteiger partial charge in [-0.3, -0.25) is 9.59 Å². The van der Waals surface area contributed by atoms with Gasteiger partial charge in [0.2, 0.25) is 5.91 Å². The molecule has 0 saturated heterocycles. The summed E-state index contributed by atoms with van der Waals surface area (Å²) >= 11 is 5.97. The summed E-state index contributed by atoms with van der Waals surface area (Å²) in [4.78, 5) is 24.8. The summed E-state index contributed by atoms with van der Waals surface area (Å²) in [5.74, 6) is -0.289. The lowest BCUT2D eigenvalue weighted by atomic mass is 10.2. The minimum Gasteiger partial charge on any atom is -0.469 e. The number of esters is 1. The van der Waals surface area contributed by atoms with E-state index < -0.39 is 0 Å². The van der Waals surface area contributed by atoms with Gasteiger partial charge in [0.15, 0.2) is 0 Å². The third-order valence-corrected chi connectivity index (χ3v) is 3.35. The van der Waals surface area contributed by atoms with Crippen molar-refractivity contribution in [2.24, 2.45) is 0 Å². The van der Waals surface area contributed by atoms with Crippen LogP contribution in [0.4, 0.5) is 5.69 Å². The van der Waals surface area contributed by atoms with Crippen molar-refractivity contribution in [3.8, 4) is 0 Å². The maximum Gasteiger partial charge on any atom is 0.305 e. The summed E-state index contributed by atoms with van der Waals surface area (Å²) in [6, 6.07) is 7.13. The van der Waals surface area contributed by atoms with E-state index in [-0.39, 0.29) is 11.9 Å². The molecule has 5 nitrogen and oxygen atoms in total. The minimum atomic E-state index is -0.208. The van der Waals surface area contributed by atoms with E-state index >= 15 is 0 Å². The molecule has 1 aromatic carbocycles. The lowest BCUT2D eigenvalue weighted by Crippen LogP contribution is -2.25. The van der Waals surface area contributed by atoms with E-state index in [9.17, 15) is 9.59 Å². The fraction of sp³-hybridized carbons (Fsp3) is 0.467. The van der Waals surface area contributed by atoms with Crippen LogP contribution in [0.3, 0.4) is 0 Å². The molecule has 0 aromatic heterocycles. The first kappa shape index (κ1) is 17.5. The molecule has 1 amide bonds. The van der Waals surface area contributed by atoms with Gasteiger partial charge in [-0.1, -0.05) is 23.7 Å². The fourth-order valence-corrected chi connectivity index (χ4v) is 1.96. The van der Waals surface area contributed by atoms with Crippen molar-refractivity contribution in [1.82, 2.24) is 4.90 Å². The number of para-hydroxylation sites is 1. The summed E-state index contributed by atoms with van der Waals surface area (Å²) in [5.41, 5.74) is 0.623. The standard InChI is InChI=1S/C15H21ClN2O3/c1-18(10-5-8-15(20)21-2)11-9-14(19)17-13-7-4-3-6-12(13)16/h3-4,6-7H,5,8-11H2,1-2H3,(H,17,19). The first-order valence-corrected chi connectivity index (χ1v) is 7.20. The topological polar surface area (TPSA) is 58.6 Å². The summed E-state index contributed by atoms with van der Waals surface area (Å²) < 4.78 is 4.57. The molecule has 0 unspecified atom stereocenters. The molecule has 0 spiro atoms. The highest BCUT2D eigenvalue weighted by Gasteiger charge is 2.08. The molecule has 0 fully saturated rings. The van der Waals surface area contributed by atoms with Crippen LogP contribution in [0.2, 0.25) is 5.02 Å². The maximum absolute atomic E-state index is 11.8. The van der Waals surface area contributed by atoms with E-state index in [1.807, 2.05) is 24.1 Å². The number of rotatable bonds is 8. The van der Waals surface area contributed by atoms with Crippen molar-refractivity contribution < 1.29 is 14.3 Å². The zero-order chi connectivity index (χ0) is 15.7. The van der Waals surface area contributed by atoms with Crippen molar-refractivity contribution in [2.45, 2.75) is 19.3 Å². The Balaban J connectivity index is 2.23. The largest absolute Gasteiger partial charge is 0.469 e. The van der Waals surface area contributed by atoms with Gasteiger partial charge in [0.25, 0.3) is 0 Å². The molecule has 1 N–H and O–H groups in total. The molecule has 6 heteroatoms. The summed E-state index contributed by atoms with van der Waals surface area (Å²) in [6.07, 6.45) is 1.49. The first-order valence-electron chi connectivity index (χ1n) is 6.82. The highest BCUT2D eigenvalue weighted by molar-refractivity contribution is 6.33. The van der Waals surface area contributed by atoms with E-state index in [0.717, 1.165) is 13.0 Å². The lowest BCUT2D eigenvalue weighted by molar-refractivity contribution is -0.140. The van der Waals surface area contributed by atoms with E-state index in [2.05, 4.69) is 10.1 Å². The molecule has 21 heavy (non-hydrogen) atoms. The second kappa shape index (κ2) is 9.37. The molecule has 116 valence electrons. The maximum atomic E-state index is 11.8. The third-order valence-electron chi connectivity index (χ3n) is 3.02. The Hall–Kier alpha value is -1.59. The number of benzene rings is 1. The van der Waals surface area contributed by atoms with Crippen LogP contribution in [-0.2, 0) is 14.3 Å². The number of nitrogens with one attached hydrogen (secondary N) is 1. The molecular weight excluding hydrogens is 292 g/mol. The Labute approximate surface area is 130 Å². The van der Waals surface area contributed by atoms with Crippen molar-refractivity contribution in [3.05, 3.63) is 29.3 Å². The number of halogens is 1. The smallest absolute Gasteiger partial charge is 0.305 e. The second-order valence-electron chi connectivity index (χ2n) is 4.76. The van der Waals surface area contributed by atoms with Gasteiger partial charge in [0.05, 0.1) is 17.8 Å². The zero-order valence-electron chi connectivity index (χ0n) is 12.4. The SMILES string of the molecule is COC(=O)CCCN(C)CCC(=O)Nc1ccccc1Cl. The highest BCUT2D eigenvalue weighted by Crippen LogP contribution is 2.20. The van der Waals surface area contributed by atoms with E-state index in [4.69, 9.17) is 11.6 Å². The number of carbonyl (C=O) groups is 2. The number of hydrogen-bond acceptors (Lipinski definition) is 4. The summed E-state index contributed by atoms with van der Waals surface area (Å²) in [5, 5.41) is 3.30. The van der Waals surface area contributed by atoms with E-state index in [1.54, 1.807) is 12.1 Å². The molecule has 0 heterocycles. The number of methoxy groups -OCH3 is 1. The van der Waals surface area contributed by atoms with Crippen molar-refractivity contribution >= 4 is 29.2 Å². The van der Waals surface area contributed by atoms with Crippen molar-refractivity contribution in [1.29, 1.82) is 0 Å². The molecule has 0 atom stereocenters. The molecule has 1 aromatic rings. The Kier molecular flexibility index (Phi) is 7.79. The zero-order valence-corrected chi connectivity index (χ0v) is 13.2. The number of nitrogens with zero attached hydrogens (tertiary/aromatic N) is 1. The van der Waals surface area contributed by atoms with Crippen LogP contribution in [-0.4, -0.2) is 44.0 Å². The quantitative estimate of drug-likeness (QED) is 0.750. The van der Waals surface area contributed by atoms with Crippen LogP contribution in [0, 0.1) is 0 Å². The second-order valence-corrected chi connectivity index (χ2v) is 5.17. The lowest BCUT2D eigenvalue weighted by Gasteiger charge is -2.16. The summed E-state index contributed by atoms with van der Waals surface area (Å²) in [7, 11) is 3.30. The van der Waals surface area contributed by atoms with Gasteiger partial charge < -0.3 is 15.0 Å². The number of amides is 1. The molecule has 0 radical (unpaired) electrons. The molecule has 0 saturated carbocycles. The molecule has 0 aliphatic rings. The molecule has 1 rings (SSSR count). The number of anilines is 1. The van der Waals surface area contributed by atoms with Crippen LogP contribution in [0.1, 0.15) is 19.3 Å². The van der Waals surface area contributed by atoms with E-state index in [1.165, 1.54) is 7.11 Å². The average Bonchev–Trinajstić information content (AvgIpc) is 2.47. The van der Waals surface area contributed by atoms with Gasteiger partial charge in [-0.25, -0.2) is 0 Å². The van der Waals surface area contributed by atoms with Gasteiger partial charge in [0.1, 0.15) is 0 Å². The Morgan fingerprint density at radius 1 is 1.24 bits per heavy atom. The Morgan fingerprint density at radius 3 is 2.62 bits per heavy atom. The van der Waals surface area contributed by atoms with Crippen LogP contribution >= 0.6 is 11.6 Å². The highest BCUT2D eigenvalue weighted by atomic mass is 35.5. The van der Waals surface area contributed by atoms with Crippen molar-refractivity contribution in [2.75, 3.05) is 32.6 Å². The van der Waals surface area contributed by atoms with Gasteiger partial charge >= 0.3 is 5.97 Å². The number of carbonyl (C=O) groups excluding carboxylic acids is 2. The van der Waals surface area contributed by atoms with Crippen LogP contribution in [0.15, 0.2) is 24.3 Å². The molecule has 0 aliphatic carbocycles. The van der Waals surface area contributed by atoms with Gasteiger partial charge in [-0.05, 0) is 32.1 Å². The number of ether oxygens (including phenoxy) is 1. The Morgan fingerprint density at radius 2 is 1.95 bits per heavy atom. The predicted octanol–water partition coefficient (Wildman–Crippen LogP) is 2.55. The predicted molar refractivity (Wildman–Crippen MR) is 83.4 cm³/mol. The molecular formula is C15H21ClN2O3. The Bertz CT molecular complexity index is 480. The fourth-order valence-electron chi connectivity index (χ4n) is 1.77. The van der Waals surface area contributed by atoms with Crippen LogP contribution in [0.5, 0.6) is 0 Å². The van der Waals surface area contributed by atoms with Crippen molar-refractivity contribution in [3.63, 3.8) is 0 Å². The molecule has 0 aliphatic heterocycles. The third kappa shape index (κ3) is 7.11. The minimum absolute atomic E-state index is 0.0806. The van der Waals surface area contributed by atoms with E-state index in [0.29, 0.717) is 30.1 Å². The van der Waals surface area contributed by atoms with Gasteiger partial charge in [-0.15, -0.1) is 0 Å². The van der Waals surface area contributed by atoms with Crippen LogP contribution < -0.4 is 5.32 Å². The van der Waals surface area contributed by atoms with Gasteiger partial charge in [-0.2, -0.15) is 0 Å². The summed E-state index contributed by atoms with van der Waals surface area (Å²) in [6.45, 7) is 1.37. The monoisotopic (exact) mass is 312 g/mol. The number of hydrogen-bond donors (Lipinski definition) is 1. The molecule has 0 bridgehead atoms. The van der Waals surface area contributed by atoms with Gasteiger partial charge in [0, 0.05) is 19.4 Å². The normalized spacial score (nSPS) is 10.5. The first-order chi connectivity index (χ1) is 10.0.